The van der Waals surface area contributed by atoms with E-state index in [1.54, 1.807) is 0 Å². The van der Waals surface area contributed by atoms with E-state index in [0.717, 1.165) is 18.3 Å². The lowest BCUT2D eigenvalue weighted by Crippen LogP contribution is -2.30. The van der Waals surface area contributed by atoms with Crippen LogP contribution in [0.3, 0.4) is 0 Å². The Bertz CT molecular complexity index is 539. The van der Waals surface area contributed by atoms with Gasteiger partial charge in [0.25, 0.3) is 0 Å². The molecule has 0 bridgehead atoms. The predicted molar refractivity (Wildman–Crippen MR) is 86.5 cm³/mol. The van der Waals surface area contributed by atoms with Gasteiger partial charge in [0, 0.05) is 24.3 Å². The highest BCUT2D eigenvalue weighted by Crippen LogP contribution is 2.22. The molecule has 1 aliphatic rings. The van der Waals surface area contributed by atoms with Crippen LogP contribution in [0, 0.1) is 0 Å². The summed E-state index contributed by atoms with van der Waals surface area (Å²) in [5, 5.41) is 4.49. The normalized spacial score (nSPS) is 17.0. The van der Waals surface area contributed by atoms with Crippen molar-refractivity contribution in [2.75, 3.05) is 7.05 Å². The Morgan fingerprint density at radius 3 is 2.52 bits per heavy atom. The Morgan fingerprint density at radius 2 is 1.81 bits per heavy atom. The van der Waals surface area contributed by atoms with Gasteiger partial charge in [-0.15, -0.1) is 0 Å². The second kappa shape index (κ2) is 6.90. The lowest BCUT2D eigenvalue weighted by Gasteiger charge is -2.26. The van der Waals surface area contributed by atoms with Crippen molar-refractivity contribution in [3.63, 3.8) is 0 Å². The summed E-state index contributed by atoms with van der Waals surface area (Å²) < 4.78 is 1.97. The van der Waals surface area contributed by atoms with E-state index in [9.17, 15) is 0 Å². The first-order valence-corrected chi connectivity index (χ1v) is 8.12. The molecule has 1 aromatic heterocycles. The summed E-state index contributed by atoms with van der Waals surface area (Å²) in [6, 6.07) is 11.1. The average molecular weight is 283 g/mol. The molecule has 0 unspecified atom stereocenters. The Kier molecular flexibility index (Phi) is 4.71. The predicted octanol–water partition coefficient (Wildman–Crippen LogP) is 4.03. The van der Waals surface area contributed by atoms with Crippen molar-refractivity contribution in [1.29, 1.82) is 0 Å². The number of aromatic nitrogens is 2. The van der Waals surface area contributed by atoms with E-state index in [-0.39, 0.29) is 0 Å². The molecule has 0 radical (unpaired) electrons. The maximum atomic E-state index is 4.49. The van der Waals surface area contributed by atoms with Crippen molar-refractivity contribution in [2.24, 2.45) is 0 Å². The van der Waals surface area contributed by atoms with Gasteiger partial charge >= 0.3 is 0 Å². The number of benzene rings is 1. The number of para-hydroxylation sites is 1. The molecular weight excluding hydrogens is 258 g/mol. The Balaban J connectivity index is 1.64. The van der Waals surface area contributed by atoms with Gasteiger partial charge in [-0.05, 0) is 32.0 Å². The molecule has 1 heterocycles. The second-order valence-corrected chi connectivity index (χ2v) is 6.19. The summed E-state index contributed by atoms with van der Waals surface area (Å²) in [5.74, 6) is 0. The van der Waals surface area contributed by atoms with Crippen LogP contribution in [0.4, 0.5) is 0 Å². The van der Waals surface area contributed by atoms with Crippen LogP contribution in [-0.4, -0.2) is 27.8 Å². The van der Waals surface area contributed by atoms with Crippen molar-refractivity contribution in [1.82, 2.24) is 14.7 Å². The number of hydrogen-bond donors (Lipinski definition) is 0. The van der Waals surface area contributed by atoms with Gasteiger partial charge in [-0.3, -0.25) is 4.90 Å². The van der Waals surface area contributed by atoms with E-state index in [2.05, 4.69) is 35.4 Å². The van der Waals surface area contributed by atoms with Crippen LogP contribution in [0.2, 0.25) is 0 Å². The van der Waals surface area contributed by atoms with E-state index in [0.29, 0.717) is 0 Å². The Morgan fingerprint density at radius 1 is 1.10 bits per heavy atom. The maximum Gasteiger partial charge on any atom is 0.0645 e. The van der Waals surface area contributed by atoms with Crippen LogP contribution in [0.1, 0.15) is 44.1 Å². The largest absolute Gasteiger partial charge is 0.299 e. The van der Waals surface area contributed by atoms with Crippen molar-refractivity contribution in [3.05, 3.63) is 48.3 Å². The molecule has 0 atom stereocenters. The molecular formula is C18H25N3. The summed E-state index contributed by atoms with van der Waals surface area (Å²) in [4.78, 5) is 2.51. The van der Waals surface area contributed by atoms with Crippen molar-refractivity contribution < 1.29 is 0 Å². The van der Waals surface area contributed by atoms with Crippen LogP contribution >= 0.6 is 0 Å². The fourth-order valence-corrected chi connectivity index (χ4v) is 3.28. The highest BCUT2D eigenvalue weighted by molar-refractivity contribution is 5.30. The Labute approximate surface area is 127 Å². The molecule has 3 rings (SSSR count). The maximum absolute atomic E-state index is 4.49. The molecule has 0 amide bonds. The summed E-state index contributed by atoms with van der Waals surface area (Å²) in [6.07, 6.45) is 12.5. The molecule has 2 aromatic rings. The molecule has 1 aliphatic carbocycles. The molecule has 1 fully saturated rings. The molecule has 0 N–H and O–H groups in total. The highest BCUT2D eigenvalue weighted by atomic mass is 15.3. The summed E-state index contributed by atoms with van der Waals surface area (Å²) >= 11 is 0. The van der Waals surface area contributed by atoms with Crippen molar-refractivity contribution in [3.8, 4) is 5.69 Å². The molecule has 21 heavy (non-hydrogen) atoms. The summed E-state index contributed by atoms with van der Waals surface area (Å²) in [6.45, 7) is 0.998. The van der Waals surface area contributed by atoms with Crippen LogP contribution in [0.15, 0.2) is 42.7 Å². The number of rotatable bonds is 4. The minimum atomic E-state index is 0.743. The van der Waals surface area contributed by atoms with Gasteiger partial charge in [-0.2, -0.15) is 5.10 Å². The smallest absolute Gasteiger partial charge is 0.0645 e. The first kappa shape index (κ1) is 14.3. The van der Waals surface area contributed by atoms with Crippen LogP contribution in [0.25, 0.3) is 5.69 Å². The van der Waals surface area contributed by atoms with Gasteiger partial charge in [-0.1, -0.05) is 43.9 Å². The van der Waals surface area contributed by atoms with Gasteiger partial charge < -0.3 is 0 Å². The molecule has 1 aromatic carbocycles. The van der Waals surface area contributed by atoms with Crippen molar-refractivity contribution in [2.45, 2.75) is 51.1 Å². The number of nitrogens with zero attached hydrogens (tertiary/aromatic N) is 3. The molecule has 0 aliphatic heterocycles. The zero-order chi connectivity index (χ0) is 14.5. The molecule has 3 heteroatoms. The SMILES string of the molecule is CN(Cc1cnn(-c2ccccc2)c1)C1CCCCCC1. The van der Waals surface area contributed by atoms with Crippen LogP contribution in [0.5, 0.6) is 0 Å². The van der Waals surface area contributed by atoms with Gasteiger partial charge in [0.15, 0.2) is 0 Å². The molecule has 1 saturated carbocycles. The second-order valence-electron chi connectivity index (χ2n) is 6.19. The summed E-state index contributed by atoms with van der Waals surface area (Å²) in [7, 11) is 2.26. The zero-order valence-electron chi connectivity index (χ0n) is 12.9. The quantitative estimate of drug-likeness (QED) is 0.790. The third-order valence-corrected chi connectivity index (χ3v) is 4.54. The van der Waals surface area contributed by atoms with Gasteiger partial charge in [0.1, 0.15) is 0 Å². The van der Waals surface area contributed by atoms with Gasteiger partial charge in [-0.25, -0.2) is 4.68 Å². The van der Waals surface area contributed by atoms with Crippen LogP contribution in [-0.2, 0) is 6.54 Å². The molecule has 112 valence electrons. The van der Waals surface area contributed by atoms with E-state index in [1.807, 2.05) is 29.1 Å². The zero-order valence-corrected chi connectivity index (χ0v) is 12.9. The monoisotopic (exact) mass is 283 g/mol. The minimum absolute atomic E-state index is 0.743. The van der Waals surface area contributed by atoms with E-state index in [4.69, 9.17) is 0 Å². The first-order chi connectivity index (χ1) is 10.3. The average Bonchev–Trinajstić information content (AvgIpc) is 2.81. The van der Waals surface area contributed by atoms with Crippen molar-refractivity contribution >= 4 is 0 Å². The van der Waals surface area contributed by atoms with E-state index in [1.165, 1.54) is 44.1 Å². The lowest BCUT2D eigenvalue weighted by atomic mass is 10.1. The third-order valence-electron chi connectivity index (χ3n) is 4.54. The Hall–Kier alpha value is -1.61. The van der Waals surface area contributed by atoms with Crippen LogP contribution < -0.4 is 0 Å². The van der Waals surface area contributed by atoms with Gasteiger partial charge in [0.2, 0.25) is 0 Å². The molecule has 0 spiro atoms. The fraction of sp³-hybridized carbons (Fsp3) is 0.500. The minimum Gasteiger partial charge on any atom is -0.299 e. The number of hydrogen-bond acceptors (Lipinski definition) is 2. The lowest BCUT2D eigenvalue weighted by molar-refractivity contribution is 0.213. The standard InChI is InChI=1S/C18H25N3/c1-20(17-9-5-2-3-6-10-17)14-16-13-19-21(15-16)18-11-7-4-8-12-18/h4,7-8,11-13,15,17H,2-3,5-6,9-10,14H2,1H3. The molecule has 0 saturated heterocycles. The first-order valence-electron chi connectivity index (χ1n) is 8.12. The van der Waals surface area contributed by atoms with E-state index >= 15 is 0 Å². The molecule has 3 nitrogen and oxygen atoms in total. The highest BCUT2D eigenvalue weighted by Gasteiger charge is 2.17. The van der Waals surface area contributed by atoms with Gasteiger partial charge in [0.05, 0.1) is 11.9 Å². The fourth-order valence-electron chi connectivity index (χ4n) is 3.28. The topological polar surface area (TPSA) is 21.1 Å². The van der Waals surface area contributed by atoms with E-state index < -0.39 is 0 Å². The summed E-state index contributed by atoms with van der Waals surface area (Å²) in [5.41, 5.74) is 2.42. The third kappa shape index (κ3) is 3.73.